The number of nitrogens with zero attached hydrogens (tertiary/aromatic N) is 1. The van der Waals surface area contributed by atoms with Gasteiger partial charge in [-0.15, -0.1) is 0 Å². The topological polar surface area (TPSA) is 76.1 Å². The number of para-hydroxylation sites is 1. The van der Waals surface area contributed by atoms with Crippen molar-refractivity contribution in [1.29, 1.82) is 0 Å². The van der Waals surface area contributed by atoms with Crippen LogP contribution in [-0.2, 0) is 9.59 Å². The number of carbonyl (C=O) groups is 2. The quantitative estimate of drug-likeness (QED) is 0.334. The minimum Gasteiger partial charge on any atom is -0.507 e. The van der Waals surface area contributed by atoms with E-state index in [9.17, 15) is 14.7 Å². The van der Waals surface area contributed by atoms with Gasteiger partial charge in [0, 0.05) is 17.7 Å². The van der Waals surface area contributed by atoms with Crippen LogP contribution in [0.3, 0.4) is 0 Å². The molecule has 0 saturated carbocycles. The van der Waals surface area contributed by atoms with Crippen molar-refractivity contribution in [3.8, 4) is 11.5 Å². The number of amides is 1. The van der Waals surface area contributed by atoms with Gasteiger partial charge in [-0.25, -0.2) is 0 Å². The predicted octanol–water partition coefficient (Wildman–Crippen LogP) is 5.32. The minimum absolute atomic E-state index is 0.0866. The Morgan fingerprint density at radius 1 is 1.09 bits per heavy atom. The molecule has 0 spiro atoms. The standard InChI is InChI=1S/C27H33NO5/c1-7-8-13-28-24(19-11-9-10-12-21(19)33-16(2)3)23(26(30)27(28)31)25(29)20-14-18(5)22(32-6)15-17(20)4/h9-12,14-16,24,29H,7-8,13H2,1-6H3/b25-23+. The number of aliphatic hydroxyl groups is 1. The zero-order valence-electron chi connectivity index (χ0n) is 20.3. The summed E-state index contributed by atoms with van der Waals surface area (Å²) >= 11 is 0. The van der Waals surface area contributed by atoms with Crippen LogP contribution in [0.25, 0.3) is 5.76 Å². The lowest BCUT2D eigenvalue weighted by Crippen LogP contribution is -2.31. The van der Waals surface area contributed by atoms with Crippen molar-refractivity contribution in [2.45, 2.75) is 59.6 Å². The lowest BCUT2D eigenvalue weighted by Gasteiger charge is -2.27. The van der Waals surface area contributed by atoms with E-state index >= 15 is 0 Å². The van der Waals surface area contributed by atoms with Gasteiger partial charge in [-0.3, -0.25) is 9.59 Å². The van der Waals surface area contributed by atoms with Crippen LogP contribution in [-0.4, -0.2) is 41.5 Å². The highest BCUT2D eigenvalue weighted by molar-refractivity contribution is 6.46. The molecule has 1 fully saturated rings. The normalized spacial score (nSPS) is 17.7. The van der Waals surface area contributed by atoms with E-state index in [1.807, 2.05) is 65.0 Å². The number of ether oxygens (including phenoxy) is 2. The van der Waals surface area contributed by atoms with E-state index in [-0.39, 0.29) is 17.4 Å². The summed E-state index contributed by atoms with van der Waals surface area (Å²) < 4.78 is 11.4. The molecule has 33 heavy (non-hydrogen) atoms. The second-order valence-corrected chi connectivity index (χ2v) is 8.69. The summed E-state index contributed by atoms with van der Waals surface area (Å²) in [5, 5.41) is 11.4. The van der Waals surface area contributed by atoms with Crippen molar-refractivity contribution in [1.82, 2.24) is 4.90 Å². The molecule has 3 rings (SSSR count). The van der Waals surface area contributed by atoms with E-state index in [1.165, 1.54) is 0 Å². The van der Waals surface area contributed by atoms with Crippen LogP contribution in [0, 0.1) is 13.8 Å². The Hall–Kier alpha value is -3.28. The highest BCUT2D eigenvalue weighted by Crippen LogP contribution is 2.43. The average Bonchev–Trinajstić information content (AvgIpc) is 3.03. The molecule has 1 aliphatic rings. The third kappa shape index (κ3) is 4.75. The van der Waals surface area contributed by atoms with E-state index in [2.05, 4.69) is 0 Å². The van der Waals surface area contributed by atoms with Gasteiger partial charge >= 0.3 is 0 Å². The van der Waals surface area contributed by atoms with Gasteiger partial charge < -0.3 is 19.5 Å². The molecule has 1 N–H and O–H groups in total. The summed E-state index contributed by atoms with van der Waals surface area (Å²) in [6, 6.07) is 10.3. The summed E-state index contributed by atoms with van der Waals surface area (Å²) in [6.07, 6.45) is 1.53. The molecular weight excluding hydrogens is 418 g/mol. The molecule has 1 unspecified atom stereocenters. The van der Waals surface area contributed by atoms with Gasteiger partial charge in [0.1, 0.15) is 17.3 Å². The summed E-state index contributed by atoms with van der Waals surface area (Å²) in [7, 11) is 1.59. The number of methoxy groups -OCH3 is 1. The van der Waals surface area contributed by atoms with Gasteiger partial charge in [0.15, 0.2) is 0 Å². The van der Waals surface area contributed by atoms with Crippen molar-refractivity contribution < 1.29 is 24.2 Å². The molecular formula is C27H33NO5. The van der Waals surface area contributed by atoms with Crippen molar-refractivity contribution in [2.24, 2.45) is 0 Å². The summed E-state index contributed by atoms with van der Waals surface area (Å²) in [4.78, 5) is 27.9. The number of hydrogen-bond donors (Lipinski definition) is 1. The summed E-state index contributed by atoms with van der Waals surface area (Å²) in [6.45, 7) is 10.0. The highest BCUT2D eigenvalue weighted by atomic mass is 16.5. The van der Waals surface area contributed by atoms with Gasteiger partial charge in [-0.05, 0) is 63.4 Å². The lowest BCUT2D eigenvalue weighted by molar-refractivity contribution is -0.139. The largest absolute Gasteiger partial charge is 0.507 e. The van der Waals surface area contributed by atoms with Crippen molar-refractivity contribution in [3.63, 3.8) is 0 Å². The molecule has 1 atom stereocenters. The second-order valence-electron chi connectivity index (χ2n) is 8.69. The van der Waals surface area contributed by atoms with Gasteiger partial charge in [0.2, 0.25) is 0 Å². The Balaban J connectivity index is 2.26. The van der Waals surface area contributed by atoms with Gasteiger partial charge in [0.05, 0.1) is 24.8 Å². The third-order valence-electron chi connectivity index (χ3n) is 5.87. The van der Waals surface area contributed by atoms with Crippen LogP contribution >= 0.6 is 0 Å². The Kier molecular flexibility index (Phi) is 7.46. The van der Waals surface area contributed by atoms with Crippen LogP contribution in [0.15, 0.2) is 42.0 Å². The maximum Gasteiger partial charge on any atom is 0.295 e. The van der Waals surface area contributed by atoms with Gasteiger partial charge in [-0.2, -0.15) is 0 Å². The fraction of sp³-hybridized carbons (Fsp3) is 0.407. The zero-order valence-corrected chi connectivity index (χ0v) is 20.3. The lowest BCUT2D eigenvalue weighted by atomic mass is 9.92. The van der Waals surface area contributed by atoms with Gasteiger partial charge in [0.25, 0.3) is 11.7 Å². The van der Waals surface area contributed by atoms with E-state index in [0.717, 1.165) is 24.0 Å². The number of hydrogen-bond acceptors (Lipinski definition) is 5. The van der Waals surface area contributed by atoms with E-state index in [0.29, 0.717) is 29.2 Å². The van der Waals surface area contributed by atoms with Crippen molar-refractivity contribution in [3.05, 3.63) is 64.2 Å². The highest BCUT2D eigenvalue weighted by Gasteiger charge is 2.46. The Labute approximate surface area is 195 Å². The Bertz CT molecular complexity index is 1090. The molecule has 1 heterocycles. The first kappa shape index (κ1) is 24.4. The number of ketones is 1. The zero-order chi connectivity index (χ0) is 24.3. The molecule has 0 aliphatic carbocycles. The first-order valence-corrected chi connectivity index (χ1v) is 11.4. The molecule has 2 aromatic rings. The monoisotopic (exact) mass is 451 g/mol. The number of likely N-dealkylation sites (tertiary alicyclic amines) is 1. The maximum absolute atomic E-state index is 13.3. The Morgan fingerprint density at radius 3 is 2.42 bits per heavy atom. The van der Waals surface area contributed by atoms with Crippen LogP contribution < -0.4 is 9.47 Å². The second kappa shape index (κ2) is 10.1. The molecule has 0 bridgehead atoms. The van der Waals surface area contributed by atoms with E-state index in [4.69, 9.17) is 9.47 Å². The Morgan fingerprint density at radius 2 is 1.79 bits per heavy atom. The number of carbonyl (C=O) groups excluding carboxylic acids is 2. The number of rotatable bonds is 8. The van der Waals surface area contributed by atoms with Crippen LogP contribution in [0.5, 0.6) is 11.5 Å². The number of aliphatic hydroxyl groups excluding tert-OH is 1. The SMILES string of the molecule is CCCCN1C(=O)C(=O)/C(=C(/O)c2cc(C)c(OC)cc2C)C1c1ccccc1OC(C)C. The molecule has 176 valence electrons. The number of benzene rings is 2. The molecule has 1 saturated heterocycles. The summed E-state index contributed by atoms with van der Waals surface area (Å²) in [5.41, 5.74) is 2.86. The molecule has 6 heteroatoms. The van der Waals surface area contributed by atoms with Crippen molar-refractivity contribution >= 4 is 17.4 Å². The molecule has 6 nitrogen and oxygen atoms in total. The molecule has 1 aliphatic heterocycles. The van der Waals surface area contributed by atoms with E-state index < -0.39 is 17.7 Å². The predicted molar refractivity (Wildman–Crippen MR) is 129 cm³/mol. The van der Waals surface area contributed by atoms with Crippen LogP contribution in [0.2, 0.25) is 0 Å². The first-order chi connectivity index (χ1) is 15.7. The minimum atomic E-state index is -0.728. The van der Waals surface area contributed by atoms with Gasteiger partial charge in [-0.1, -0.05) is 31.5 Å². The van der Waals surface area contributed by atoms with E-state index in [1.54, 1.807) is 18.1 Å². The summed E-state index contributed by atoms with van der Waals surface area (Å²) in [5.74, 6) is -0.174. The van der Waals surface area contributed by atoms with Crippen LogP contribution in [0.4, 0.5) is 0 Å². The average molecular weight is 452 g/mol. The molecule has 1 amide bonds. The van der Waals surface area contributed by atoms with Crippen molar-refractivity contribution in [2.75, 3.05) is 13.7 Å². The smallest absolute Gasteiger partial charge is 0.295 e. The fourth-order valence-corrected chi connectivity index (χ4v) is 4.24. The number of Topliss-reactive ketones (excluding diaryl/α,β-unsaturated/α-hetero) is 1. The fourth-order valence-electron chi connectivity index (χ4n) is 4.24. The first-order valence-electron chi connectivity index (χ1n) is 11.4. The third-order valence-corrected chi connectivity index (χ3v) is 5.87. The molecule has 2 aromatic carbocycles. The number of aryl methyl sites for hydroxylation is 2. The van der Waals surface area contributed by atoms with Crippen LogP contribution in [0.1, 0.15) is 61.9 Å². The maximum atomic E-state index is 13.3. The molecule has 0 aromatic heterocycles. The number of unbranched alkanes of at least 4 members (excludes halogenated alkanes) is 1. The molecule has 0 radical (unpaired) electrons.